The van der Waals surface area contributed by atoms with Gasteiger partial charge >= 0.3 is 0 Å². The van der Waals surface area contributed by atoms with Crippen LogP contribution in [0.2, 0.25) is 0 Å². The van der Waals surface area contributed by atoms with Crippen molar-refractivity contribution in [3.05, 3.63) is 28.4 Å². The van der Waals surface area contributed by atoms with Crippen molar-refractivity contribution in [3.63, 3.8) is 0 Å². The largest absolute Gasteiger partial charge is 0.305 e. The number of allylic oxidation sites excluding steroid dienone is 1. The number of nitriles is 1. The topological polar surface area (TPSA) is 81.0 Å². The molecule has 0 saturated heterocycles. The molecule has 1 aliphatic heterocycles. The molecule has 1 aromatic rings. The second-order valence-electron chi connectivity index (χ2n) is 9.54. The average molecular weight is 434 g/mol. The summed E-state index contributed by atoms with van der Waals surface area (Å²) in [7, 11) is 0. The van der Waals surface area contributed by atoms with Gasteiger partial charge in [0, 0.05) is 35.3 Å². The number of hydrogen-bond donors (Lipinski definition) is 2. The van der Waals surface area contributed by atoms with E-state index in [1.54, 1.807) is 17.4 Å². The quantitative estimate of drug-likeness (QED) is 0.721. The lowest BCUT2D eigenvalue weighted by Crippen LogP contribution is -2.69. The van der Waals surface area contributed by atoms with Gasteiger partial charge in [-0.3, -0.25) is 9.69 Å². The van der Waals surface area contributed by atoms with E-state index in [-0.39, 0.29) is 23.3 Å². The molecule has 4 bridgehead atoms. The Kier molecular flexibility index (Phi) is 4.73. The van der Waals surface area contributed by atoms with Crippen molar-refractivity contribution in [3.8, 4) is 6.07 Å². The monoisotopic (exact) mass is 433 g/mol. The molecular weight excluding hydrogens is 408 g/mol. The van der Waals surface area contributed by atoms with E-state index in [4.69, 9.17) is 5.26 Å². The fraction of sp³-hybridized carbons (Fsp3) is 0.667. The molecule has 0 spiro atoms. The molecule has 1 aromatic heterocycles. The first kappa shape index (κ1) is 20.0. The van der Waals surface area contributed by atoms with Crippen LogP contribution in [0, 0.1) is 23.2 Å². The van der Waals surface area contributed by atoms with Gasteiger partial charge in [-0.05, 0) is 50.4 Å². The highest BCUT2D eigenvalue weighted by molar-refractivity contribution is 7.09. The van der Waals surface area contributed by atoms with E-state index in [2.05, 4.69) is 15.6 Å². The number of aromatic nitrogens is 1. The van der Waals surface area contributed by atoms with Gasteiger partial charge in [-0.1, -0.05) is 0 Å². The Balaban J connectivity index is 1.26. The van der Waals surface area contributed by atoms with Gasteiger partial charge in [-0.15, -0.1) is 11.3 Å². The van der Waals surface area contributed by atoms with Crippen LogP contribution < -0.4 is 10.6 Å². The van der Waals surface area contributed by atoms with E-state index < -0.39 is 18.4 Å². The minimum absolute atomic E-state index is 0.0168. The number of thiazole rings is 1. The fourth-order valence-corrected chi connectivity index (χ4v) is 7.13. The van der Waals surface area contributed by atoms with Gasteiger partial charge in [0.25, 0.3) is 5.92 Å². The third kappa shape index (κ3) is 3.66. The van der Waals surface area contributed by atoms with Gasteiger partial charge in [0.15, 0.2) is 0 Å². The maximum absolute atomic E-state index is 13.6. The van der Waals surface area contributed by atoms with Crippen molar-refractivity contribution in [2.45, 2.75) is 62.1 Å². The van der Waals surface area contributed by atoms with Crippen molar-refractivity contribution >= 4 is 17.2 Å². The molecule has 5 aliphatic rings. The summed E-state index contributed by atoms with van der Waals surface area (Å²) in [5.74, 6) is -2.36. The van der Waals surface area contributed by atoms with Crippen molar-refractivity contribution in [1.82, 2.24) is 20.5 Å². The number of alkyl halides is 2. The summed E-state index contributed by atoms with van der Waals surface area (Å²) < 4.78 is 27.3. The molecule has 2 atom stereocenters. The summed E-state index contributed by atoms with van der Waals surface area (Å²) >= 11 is 1.65. The van der Waals surface area contributed by atoms with E-state index in [0.29, 0.717) is 17.9 Å². The Labute approximate surface area is 178 Å². The lowest BCUT2D eigenvalue weighted by molar-refractivity contribution is -0.131. The molecule has 4 fully saturated rings. The highest BCUT2D eigenvalue weighted by atomic mass is 32.1. The molecule has 6 rings (SSSR count). The van der Waals surface area contributed by atoms with Crippen LogP contribution in [-0.4, -0.2) is 45.9 Å². The SMILES string of the molecule is N#CC1=CC(F)(F)CN1C(=O)CNC12CC3CC(C1)CC(NCc1nccs1)(C3)C2. The van der Waals surface area contributed by atoms with Crippen LogP contribution in [0.3, 0.4) is 0 Å². The number of nitrogens with one attached hydrogen (secondary N) is 2. The molecular formula is C21H25F2N5OS. The van der Waals surface area contributed by atoms with Gasteiger partial charge in [0.05, 0.1) is 13.1 Å². The van der Waals surface area contributed by atoms with E-state index >= 15 is 0 Å². The summed E-state index contributed by atoms with van der Waals surface area (Å²) in [5, 5.41) is 19.4. The molecule has 2 unspecified atom stereocenters. The van der Waals surface area contributed by atoms with Gasteiger partial charge in [-0.25, -0.2) is 4.98 Å². The molecule has 2 heterocycles. The normalized spacial score (nSPS) is 36.0. The van der Waals surface area contributed by atoms with Crippen molar-refractivity contribution in [2.24, 2.45) is 11.8 Å². The summed E-state index contributed by atoms with van der Waals surface area (Å²) in [6.07, 6.45) is 8.91. The molecule has 4 aliphatic carbocycles. The first-order valence-corrected chi connectivity index (χ1v) is 11.4. The van der Waals surface area contributed by atoms with E-state index in [1.807, 2.05) is 11.6 Å². The van der Waals surface area contributed by atoms with Gasteiger partial charge in [0.2, 0.25) is 5.91 Å². The smallest absolute Gasteiger partial charge is 0.287 e. The van der Waals surface area contributed by atoms with Crippen LogP contribution in [0.1, 0.15) is 43.5 Å². The van der Waals surface area contributed by atoms with Crippen LogP contribution in [-0.2, 0) is 11.3 Å². The molecule has 4 saturated carbocycles. The van der Waals surface area contributed by atoms with Crippen LogP contribution in [0.4, 0.5) is 8.78 Å². The highest BCUT2D eigenvalue weighted by Gasteiger charge is 2.57. The number of halogens is 2. The molecule has 0 radical (unpaired) electrons. The maximum Gasteiger partial charge on any atom is 0.287 e. The molecule has 30 heavy (non-hydrogen) atoms. The molecule has 160 valence electrons. The molecule has 1 amide bonds. The predicted octanol–water partition coefficient (Wildman–Crippen LogP) is 2.80. The zero-order valence-corrected chi connectivity index (χ0v) is 17.5. The molecule has 9 heteroatoms. The lowest BCUT2D eigenvalue weighted by atomic mass is 9.50. The first-order chi connectivity index (χ1) is 14.3. The van der Waals surface area contributed by atoms with Gasteiger partial charge < -0.3 is 10.6 Å². The molecule has 0 aromatic carbocycles. The van der Waals surface area contributed by atoms with E-state index in [0.717, 1.165) is 48.6 Å². The lowest BCUT2D eigenvalue weighted by Gasteiger charge is -2.62. The van der Waals surface area contributed by atoms with Crippen molar-refractivity contribution in [2.75, 3.05) is 13.1 Å². The average Bonchev–Trinajstić information content (AvgIpc) is 3.30. The predicted molar refractivity (Wildman–Crippen MR) is 107 cm³/mol. The van der Waals surface area contributed by atoms with Crippen LogP contribution in [0.15, 0.2) is 23.3 Å². The maximum atomic E-state index is 13.6. The Morgan fingerprint density at radius 3 is 2.60 bits per heavy atom. The third-order valence-electron chi connectivity index (χ3n) is 7.20. The zero-order valence-electron chi connectivity index (χ0n) is 16.7. The number of hydrogen-bond acceptors (Lipinski definition) is 6. The fourth-order valence-electron chi connectivity index (χ4n) is 6.57. The number of carbonyl (C=O) groups is 1. The van der Waals surface area contributed by atoms with E-state index in [9.17, 15) is 13.6 Å². The minimum Gasteiger partial charge on any atom is -0.305 e. The summed E-state index contributed by atoms with van der Waals surface area (Å²) in [6, 6.07) is 1.72. The third-order valence-corrected chi connectivity index (χ3v) is 7.98. The Morgan fingerprint density at radius 1 is 1.27 bits per heavy atom. The summed E-state index contributed by atoms with van der Waals surface area (Å²) in [6.45, 7) is -0.00361. The number of nitrogens with zero attached hydrogens (tertiary/aromatic N) is 3. The molecule has 6 nitrogen and oxygen atoms in total. The highest BCUT2D eigenvalue weighted by Crippen LogP contribution is 2.57. The number of carbonyl (C=O) groups excluding carboxylic acids is 1. The Hall–Kier alpha value is -1.89. The van der Waals surface area contributed by atoms with Crippen molar-refractivity contribution in [1.29, 1.82) is 5.26 Å². The second-order valence-corrected chi connectivity index (χ2v) is 10.5. The van der Waals surface area contributed by atoms with Crippen LogP contribution >= 0.6 is 11.3 Å². The van der Waals surface area contributed by atoms with Gasteiger partial charge in [0.1, 0.15) is 16.8 Å². The minimum atomic E-state index is -3.13. The van der Waals surface area contributed by atoms with Crippen LogP contribution in [0.25, 0.3) is 0 Å². The zero-order chi connectivity index (χ0) is 21.0. The Morgan fingerprint density at radius 2 is 1.97 bits per heavy atom. The Bertz CT molecular complexity index is 895. The summed E-state index contributed by atoms with van der Waals surface area (Å²) in [4.78, 5) is 18.0. The second kappa shape index (κ2) is 7.08. The first-order valence-electron chi connectivity index (χ1n) is 10.5. The van der Waals surface area contributed by atoms with E-state index in [1.165, 1.54) is 6.42 Å². The standard InChI is InChI=1S/C21H25F2N5OS/c22-21(23)8-16(9-24)28(13-21)18(29)11-27-20-6-14-3-15(7-20)5-19(4-14,12-20)26-10-17-25-1-2-30-17/h1-2,8,14-15,26-27H,3-7,10-13H2. The van der Waals surface area contributed by atoms with Crippen LogP contribution in [0.5, 0.6) is 0 Å². The molecule has 2 N–H and O–H groups in total. The summed E-state index contributed by atoms with van der Waals surface area (Å²) in [5.41, 5.74) is -0.350. The number of amides is 1. The number of rotatable bonds is 6. The van der Waals surface area contributed by atoms with Crippen molar-refractivity contribution < 1.29 is 13.6 Å². The van der Waals surface area contributed by atoms with Gasteiger partial charge in [-0.2, -0.15) is 14.0 Å².